The molecule has 2 aromatic heterocycles. The Morgan fingerprint density at radius 3 is 2.42 bits per heavy atom. The monoisotopic (exact) mass is 510 g/mol. The summed E-state index contributed by atoms with van der Waals surface area (Å²) in [6.07, 6.45) is 3.29. The van der Waals surface area contributed by atoms with E-state index in [1.165, 1.54) is 0 Å². The summed E-state index contributed by atoms with van der Waals surface area (Å²) in [5.74, 6) is 2.53. The van der Waals surface area contributed by atoms with E-state index in [1.54, 1.807) is 0 Å². The lowest BCUT2D eigenvalue weighted by Crippen LogP contribution is -2.14. The molecule has 1 amide bonds. The Morgan fingerprint density at radius 1 is 0.842 bits per heavy atom. The van der Waals surface area contributed by atoms with Crippen molar-refractivity contribution < 1.29 is 19.0 Å². The molecule has 8 heteroatoms. The number of amides is 1. The number of benzene rings is 3. The molecule has 0 saturated carbocycles. The van der Waals surface area contributed by atoms with Crippen LogP contribution in [0.25, 0.3) is 21.9 Å². The van der Waals surface area contributed by atoms with Gasteiger partial charge in [-0.1, -0.05) is 48.5 Å². The van der Waals surface area contributed by atoms with Crippen molar-refractivity contribution in [3.8, 4) is 11.5 Å². The zero-order valence-corrected chi connectivity index (χ0v) is 21.1. The van der Waals surface area contributed by atoms with E-state index in [-0.39, 0.29) is 0 Å². The number of rotatable bonds is 12. The van der Waals surface area contributed by atoms with Crippen LogP contribution < -0.4 is 15.2 Å². The first-order valence-corrected chi connectivity index (χ1v) is 12.7. The van der Waals surface area contributed by atoms with Crippen LogP contribution in [0.4, 0.5) is 4.79 Å². The lowest BCUT2D eigenvalue weighted by molar-refractivity contribution is 0.154. The normalized spacial score (nSPS) is 11.1. The van der Waals surface area contributed by atoms with Crippen LogP contribution in [-0.2, 0) is 24.3 Å². The standard InChI is InChI=1S/C30H30N4O4/c31-30(35)37-17-8-7-13-28-33-27-20-32-26-19-24(38-21-22-9-3-1-4-10-22)14-15-25(26)29(27)34(28)16-18-36-23-11-5-2-6-12-23/h1-6,9-12,14-15,19-20H,7-8,13,16-18,21H2,(H2,31,35). The van der Waals surface area contributed by atoms with Crippen molar-refractivity contribution in [2.75, 3.05) is 13.2 Å². The van der Waals surface area contributed by atoms with E-state index in [4.69, 9.17) is 24.9 Å². The second-order valence-corrected chi connectivity index (χ2v) is 8.91. The van der Waals surface area contributed by atoms with Gasteiger partial charge in [0.15, 0.2) is 0 Å². The summed E-state index contributed by atoms with van der Waals surface area (Å²) >= 11 is 0. The van der Waals surface area contributed by atoms with Crippen LogP contribution in [0.5, 0.6) is 11.5 Å². The van der Waals surface area contributed by atoms with E-state index in [1.807, 2.05) is 85.1 Å². The van der Waals surface area contributed by atoms with Gasteiger partial charge in [-0.15, -0.1) is 0 Å². The smallest absolute Gasteiger partial charge is 0.404 e. The average molecular weight is 511 g/mol. The number of unbranched alkanes of at least 4 members (excludes halogenated alkanes) is 1. The number of pyridine rings is 1. The number of fused-ring (bicyclic) bond motifs is 3. The molecule has 0 spiro atoms. The van der Waals surface area contributed by atoms with Crippen LogP contribution in [0.3, 0.4) is 0 Å². The summed E-state index contributed by atoms with van der Waals surface area (Å²) < 4.78 is 19.1. The van der Waals surface area contributed by atoms with Crippen molar-refractivity contribution in [2.24, 2.45) is 5.73 Å². The number of nitrogens with zero attached hydrogens (tertiary/aromatic N) is 3. The fraction of sp³-hybridized carbons (Fsp3) is 0.233. The van der Waals surface area contributed by atoms with Crippen LogP contribution in [0, 0.1) is 0 Å². The number of aromatic nitrogens is 3. The fourth-order valence-electron chi connectivity index (χ4n) is 4.43. The summed E-state index contributed by atoms with van der Waals surface area (Å²) in [5.41, 5.74) is 8.87. The van der Waals surface area contributed by atoms with Gasteiger partial charge >= 0.3 is 6.09 Å². The minimum Gasteiger partial charge on any atom is -0.492 e. The zero-order valence-electron chi connectivity index (χ0n) is 21.1. The Kier molecular flexibility index (Phi) is 7.98. The van der Waals surface area contributed by atoms with Gasteiger partial charge in [-0.25, -0.2) is 9.78 Å². The van der Waals surface area contributed by atoms with Crippen molar-refractivity contribution in [3.63, 3.8) is 0 Å². The SMILES string of the molecule is NC(=O)OCCCCc1nc2cnc3cc(OCc4ccccc4)ccc3c2n1CCOc1ccccc1. The topological polar surface area (TPSA) is 101 Å². The molecule has 0 bridgehead atoms. The summed E-state index contributed by atoms with van der Waals surface area (Å²) in [6.45, 7) is 1.91. The van der Waals surface area contributed by atoms with Crippen LogP contribution >= 0.6 is 0 Å². The molecule has 2 heterocycles. The zero-order chi connectivity index (χ0) is 26.2. The van der Waals surface area contributed by atoms with Crippen molar-refractivity contribution in [2.45, 2.75) is 32.4 Å². The van der Waals surface area contributed by atoms with Gasteiger partial charge in [0.1, 0.15) is 36.1 Å². The molecule has 0 atom stereocenters. The van der Waals surface area contributed by atoms with Crippen LogP contribution in [0.2, 0.25) is 0 Å². The maximum absolute atomic E-state index is 10.9. The number of para-hydroxylation sites is 1. The largest absolute Gasteiger partial charge is 0.492 e. The van der Waals surface area contributed by atoms with Gasteiger partial charge in [0.05, 0.1) is 30.4 Å². The number of nitrogens with two attached hydrogens (primary N) is 1. The first-order chi connectivity index (χ1) is 18.7. The molecule has 2 N–H and O–H groups in total. The van der Waals surface area contributed by atoms with E-state index in [0.717, 1.165) is 57.7 Å². The predicted molar refractivity (Wildman–Crippen MR) is 146 cm³/mol. The van der Waals surface area contributed by atoms with Gasteiger partial charge in [0.2, 0.25) is 0 Å². The quantitative estimate of drug-likeness (QED) is 0.217. The number of carbonyl (C=O) groups is 1. The van der Waals surface area contributed by atoms with Gasteiger partial charge in [-0.2, -0.15) is 0 Å². The summed E-state index contributed by atoms with van der Waals surface area (Å²) in [6, 6.07) is 25.8. The third-order valence-corrected chi connectivity index (χ3v) is 6.24. The van der Waals surface area contributed by atoms with Crippen molar-refractivity contribution in [1.29, 1.82) is 0 Å². The molecule has 5 rings (SSSR count). The third-order valence-electron chi connectivity index (χ3n) is 6.24. The van der Waals surface area contributed by atoms with Gasteiger partial charge in [0.25, 0.3) is 0 Å². The number of imidazole rings is 1. The lowest BCUT2D eigenvalue weighted by Gasteiger charge is -2.12. The third kappa shape index (κ3) is 6.21. The van der Waals surface area contributed by atoms with E-state index in [9.17, 15) is 4.79 Å². The van der Waals surface area contributed by atoms with Crippen molar-refractivity contribution in [1.82, 2.24) is 14.5 Å². The summed E-state index contributed by atoms with van der Waals surface area (Å²) in [7, 11) is 0. The average Bonchev–Trinajstić information content (AvgIpc) is 3.30. The Balaban J connectivity index is 1.39. The van der Waals surface area contributed by atoms with E-state index >= 15 is 0 Å². The molecule has 0 radical (unpaired) electrons. The Morgan fingerprint density at radius 2 is 1.63 bits per heavy atom. The minimum absolute atomic E-state index is 0.295. The summed E-state index contributed by atoms with van der Waals surface area (Å²) in [4.78, 5) is 20.4. The molecule has 5 aromatic rings. The Bertz CT molecular complexity index is 1500. The molecule has 0 aliphatic carbocycles. The highest BCUT2D eigenvalue weighted by Crippen LogP contribution is 2.28. The molecule has 0 saturated heterocycles. The van der Waals surface area contributed by atoms with E-state index in [0.29, 0.717) is 32.8 Å². The number of carbonyl (C=O) groups excluding carboxylic acids is 1. The van der Waals surface area contributed by atoms with Crippen LogP contribution in [-0.4, -0.2) is 33.8 Å². The molecule has 0 aliphatic heterocycles. The fourth-order valence-corrected chi connectivity index (χ4v) is 4.43. The number of ether oxygens (including phenoxy) is 3. The molecule has 38 heavy (non-hydrogen) atoms. The van der Waals surface area contributed by atoms with E-state index in [2.05, 4.69) is 9.55 Å². The molecular weight excluding hydrogens is 480 g/mol. The highest BCUT2D eigenvalue weighted by atomic mass is 16.5. The van der Waals surface area contributed by atoms with Crippen molar-refractivity contribution in [3.05, 3.63) is 96.4 Å². The second-order valence-electron chi connectivity index (χ2n) is 8.91. The Labute approximate surface area is 221 Å². The molecule has 0 aliphatic rings. The van der Waals surface area contributed by atoms with Crippen LogP contribution in [0.15, 0.2) is 85.1 Å². The van der Waals surface area contributed by atoms with Crippen LogP contribution in [0.1, 0.15) is 24.2 Å². The minimum atomic E-state index is -0.750. The van der Waals surface area contributed by atoms with E-state index < -0.39 is 6.09 Å². The highest BCUT2D eigenvalue weighted by molar-refractivity contribution is 6.02. The van der Waals surface area contributed by atoms with Gasteiger partial charge in [-0.05, 0) is 42.7 Å². The molecule has 0 unspecified atom stereocenters. The molecular formula is C30H30N4O4. The van der Waals surface area contributed by atoms with Gasteiger partial charge < -0.3 is 24.5 Å². The molecule has 3 aromatic carbocycles. The predicted octanol–water partition coefficient (Wildman–Crippen LogP) is 5.66. The number of hydrogen-bond acceptors (Lipinski definition) is 6. The first-order valence-electron chi connectivity index (χ1n) is 12.7. The maximum Gasteiger partial charge on any atom is 0.404 e. The van der Waals surface area contributed by atoms with Crippen molar-refractivity contribution >= 4 is 28.0 Å². The van der Waals surface area contributed by atoms with Gasteiger partial charge in [0, 0.05) is 17.9 Å². The molecule has 0 fully saturated rings. The molecule has 8 nitrogen and oxygen atoms in total. The summed E-state index contributed by atoms with van der Waals surface area (Å²) in [5, 5.41) is 1.00. The molecule has 194 valence electrons. The number of hydrogen-bond donors (Lipinski definition) is 1. The lowest BCUT2D eigenvalue weighted by atomic mass is 10.2. The highest BCUT2D eigenvalue weighted by Gasteiger charge is 2.15. The second kappa shape index (κ2) is 12.1. The number of aryl methyl sites for hydroxylation is 1. The van der Waals surface area contributed by atoms with Gasteiger partial charge in [-0.3, -0.25) is 4.98 Å². The number of primary amides is 1. The Hall–Kier alpha value is -4.59. The first kappa shape index (κ1) is 25.1. The maximum atomic E-state index is 10.9.